The molecule has 186 valence electrons. The zero-order chi connectivity index (χ0) is 24.9. The van der Waals surface area contributed by atoms with Crippen molar-refractivity contribution in [1.29, 1.82) is 0 Å². The maximum absolute atomic E-state index is 12.6. The molecule has 0 bridgehead atoms. The predicted molar refractivity (Wildman–Crippen MR) is 133 cm³/mol. The molecule has 1 fully saturated rings. The van der Waals surface area contributed by atoms with Crippen molar-refractivity contribution in [2.45, 2.75) is 64.0 Å². The Morgan fingerprint density at radius 2 is 1.54 bits per heavy atom. The molecule has 2 aromatic rings. The Morgan fingerprint density at radius 3 is 2.09 bits per heavy atom. The Hall–Kier alpha value is -3.35. The van der Waals surface area contributed by atoms with Gasteiger partial charge in [-0.3, -0.25) is 4.79 Å². The van der Waals surface area contributed by atoms with Gasteiger partial charge in [0.15, 0.2) is 0 Å². The molecule has 0 heterocycles. The predicted octanol–water partition coefficient (Wildman–Crippen LogP) is 4.70. The lowest BCUT2D eigenvalue weighted by Crippen LogP contribution is -2.48. The van der Waals surface area contributed by atoms with E-state index in [4.69, 9.17) is 4.74 Å². The van der Waals surface area contributed by atoms with Gasteiger partial charge in [-0.2, -0.15) is 0 Å². The van der Waals surface area contributed by atoms with E-state index in [9.17, 15) is 19.5 Å². The van der Waals surface area contributed by atoms with Crippen LogP contribution in [-0.4, -0.2) is 41.8 Å². The van der Waals surface area contributed by atoms with Crippen LogP contribution in [0, 0.1) is 11.8 Å². The highest BCUT2D eigenvalue weighted by Gasteiger charge is 2.33. The number of carbonyl (C=O) groups is 3. The van der Waals surface area contributed by atoms with Crippen LogP contribution in [0.4, 0.5) is 4.79 Å². The number of amides is 2. The van der Waals surface area contributed by atoms with Crippen molar-refractivity contribution >= 4 is 18.0 Å². The number of carboxylic acids is 1. The second-order valence-corrected chi connectivity index (χ2v) is 9.73. The van der Waals surface area contributed by atoms with Crippen LogP contribution < -0.4 is 10.6 Å². The van der Waals surface area contributed by atoms with Crippen molar-refractivity contribution in [3.05, 3.63) is 59.7 Å². The highest BCUT2D eigenvalue weighted by Crippen LogP contribution is 2.44. The third-order valence-corrected chi connectivity index (χ3v) is 7.54. The molecule has 2 atom stereocenters. The summed E-state index contributed by atoms with van der Waals surface area (Å²) in [7, 11) is 0. The number of alkyl carbamates (subject to hydrolysis) is 1. The number of nitrogens with one attached hydrogen (secondary N) is 2. The van der Waals surface area contributed by atoms with Gasteiger partial charge in [0.1, 0.15) is 12.6 Å². The summed E-state index contributed by atoms with van der Waals surface area (Å²) >= 11 is 0. The summed E-state index contributed by atoms with van der Waals surface area (Å²) in [5.74, 6) is -1.57. The maximum atomic E-state index is 12.6. The Labute approximate surface area is 206 Å². The van der Waals surface area contributed by atoms with Crippen LogP contribution >= 0.6 is 0 Å². The first-order valence-corrected chi connectivity index (χ1v) is 12.5. The van der Waals surface area contributed by atoms with Crippen molar-refractivity contribution in [2.24, 2.45) is 11.8 Å². The average Bonchev–Trinajstić information content (AvgIpc) is 3.19. The molecule has 4 rings (SSSR count). The summed E-state index contributed by atoms with van der Waals surface area (Å²) in [4.78, 5) is 36.7. The first kappa shape index (κ1) is 24.8. The Kier molecular flexibility index (Phi) is 7.73. The minimum atomic E-state index is -1.00. The van der Waals surface area contributed by atoms with Gasteiger partial charge in [-0.05, 0) is 53.9 Å². The minimum Gasteiger partial charge on any atom is -0.480 e. The molecule has 2 aromatic carbocycles. The van der Waals surface area contributed by atoms with E-state index in [-0.39, 0.29) is 36.3 Å². The maximum Gasteiger partial charge on any atom is 0.407 e. The lowest BCUT2D eigenvalue weighted by atomic mass is 9.85. The normalized spacial score (nSPS) is 20.7. The molecular formula is C28H34N2O5. The molecule has 0 aromatic heterocycles. The van der Waals surface area contributed by atoms with Crippen molar-refractivity contribution in [1.82, 2.24) is 10.6 Å². The van der Waals surface area contributed by atoms with Gasteiger partial charge >= 0.3 is 12.1 Å². The van der Waals surface area contributed by atoms with Gasteiger partial charge in [0.2, 0.25) is 5.91 Å². The topological polar surface area (TPSA) is 105 Å². The highest BCUT2D eigenvalue weighted by atomic mass is 16.5. The van der Waals surface area contributed by atoms with Gasteiger partial charge in [-0.15, -0.1) is 0 Å². The van der Waals surface area contributed by atoms with Crippen LogP contribution in [0.15, 0.2) is 48.5 Å². The van der Waals surface area contributed by atoms with Crippen LogP contribution in [-0.2, 0) is 14.3 Å². The molecule has 2 aliphatic rings. The number of carbonyl (C=O) groups excluding carboxylic acids is 2. The summed E-state index contributed by atoms with van der Waals surface area (Å²) in [6, 6.07) is 15.5. The first-order chi connectivity index (χ1) is 16.9. The molecular weight excluding hydrogens is 444 g/mol. The number of fused-ring (bicyclic) bond motifs is 3. The Balaban J connectivity index is 1.26. The van der Waals surface area contributed by atoms with Gasteiger partial charge in [-0.1, -0.05) is 68.8 Å². The molecule has 7 heteroatoms. The molecule has 3 N–H and O–H groups in total. The number of ether oxygens (including phenoxy) is 1. The molecule has 7 nitrogen and oxygen atoms in total. The second-order valence-electron chi connectivity index (χ2n) is 9.73. The SMILES string of the molecule is CC[C@H](C)[C@H](NC(=O)C1CCC(NC(=O)OCC2c3ccccc3-c3ccccc32)CC1)C(=O)O. The molecule has 1 saturated carbocycles. The van der Waals surface area contributed by atoms with Crippen molar-refractivity contribution in [2.75, 3.05) is 6.61 Å². The van der Waals surface area contributed by atoms with E-state index in [0.717, 1.165) is 0 Å². The molecule has 0 saturated heterocycles. The quantitative estimate of drug-likeness (QED) is 0.510. The molecule has 0 spiro atoms. The fraction of sp³-hybridized carbons (Fsp3) is 0.464. The fourth-order valence-electron chi connectivity index (χ4n) is 5.26. The Morgan fingerprint density at radius 1 is 0.971 bits per heavy atom. The van der Waals surface area contributed by atoms with Crippen molar-refractivity contribution < 1.29 is 24.2 Å². The molecule has 35 heavy (non-hydrogen) atoms. The third-order valence-electron chi connectivity index (χ3n) is 7.54. The summed E-state index contributed by atoms with van der Waals surface area (Å²) in [6.07, 6.45) is 2.75. The standard InChI is InChI=1S/C28H34N2O5/c1-3-17(2)25(27(32)33)30-26(31)18-12-14-19(15-13-18)29-28(34)35-16-24-22-10-6-4-8-20(22)21-9-5-7-11-23(21)24/h4-11,17-19,24-25H,3,12-16H2,1-2H3,(H,29,34)(H,30,31)(H,32,33)/t17-,18?,19?,25-/m0/s1. The molecule has 2 aliphatic carbocycles. The van der Waals surface area contributed by atoms with Gasteiger partial charge in [0, 0.05) is 17.9 Å². The lowest BCUT2D eigenvalue weighted by molar-refractivity contribution is -0.144. The van der Waals surface area contributed by atoms with Crippen LogP contribution in [0.25, 0.3) is 11.1 Å². The van der Waals surface area contributed by atoms with Gasteiger partial charge < -0.3 is 20.5 Å². The third kappa shape index (κ3) is 5.50. The van der Waals surface area contributed by atoms with Gasteiger partial charge in [-0.25, -0.2) is 9.59 Å². The molecule has 0 aliphatic heterocycles. The highest BCUT2D eigenvalue weighted by molar-refractivity contribution is 5.85. The van der Waals surface area contributed by atoms with Crippen LogP contribution in [0.5, 0.6) is 0 Å². The number of hydrogen-bond donors (Lipinski definition) is 3. The van der Waals surface area contributed by atoms with Crippen LogP contribution in [0.2, 0.25) is 0 Å². The van der Waals surface area contributed by atoms with E-state index in [0.29, 0.717) is 32.1 Å². The van der Waals surface area contributed by atoms with Crippen LogP contribution in [0.1, 0.15) is 63.0 Å². The number of rotatable bonds is 8. The first-order valence-electron chi connectivity index (χ1n) is 12.5. The van der Waals surface area contributed by atoms with Gasteiger partial charge in [0.05, 0.1) is 0 Å². The van der Waals surface area contributed by atoms with E-state index in [1.54, 1.807) is 0 Å². The molecule has 2 amide bonds. The summed E-state index contributed by atoms with van der Waals surface area (Å²) in [6.45, 7) is 4.00. The minimum absolute atomic E-state index is 0.0141. The van der Waals surface area contributed by atoms with Gasteiger partial charge in [0.25, 0.3) is 0 Å². The number of hydrogen-bond acceptors (Lipinski definition) is 4. The Bertz CT molecular complexity index is 1030. The number of carboxylic acid groups (broad SMARTS) is 1. The summed E-state index contributed by atoms with van der Waals surface area (Å²) < 4.78 is 5.64. The lowest BCUT2D eigenvalue weighted by Gasteiger charge is -2.30. The van der Waals surface area contributed by atoms with E-state index in [1.165, 1.54) is 22.3 Å². The zero-order valence-electron chi connectivity index (χ0n) is 20.3. The number of benzene rings is 2. The molecule has 0 unspecified atom stereocenters. The zero-order valence-corrected chi connectivity index (χ0v) is 20.3. The van der Waals surface area contributed by atoms with E-state index in [2.05, 4.69) is 34.9 Å². The summed E-state index contributed by atoms with van der Waals surface area (Å²) in [5.41, 5.74) is 4.72. The van der Waals surface area contributed by atoms with E-state index < -0.39 is 18.1 Å². The fourth-order valence-corrected chi connectivity index (χ4v) is 5.26. The van der Waals surface area contributed by atoms with E-state index >= 15 is 0 Å². The van der Waals surface area contributed by atoms with Crippen molar-refractivity contribution in [3.8, 4) is 11.1 Å². The largest absolute Gasteiger partial charge is 0.480 e. The second kappa shape index (κ2) is 10.9. The van der Waals surface area contributed by atoms with Crippen molar-refractivity contribution in [3.63, 3.8) is 0 Å². The monoisotopic (exact) mass is 478 g/mol. The smallest absolute Gasteiger partial charge is 0.407 e. The average molecular weight is 479 g/mol. The van der Waals surface area contributed by atoms with Crippen LogP contribution in [0.3, 0.4) is 0 Å². The van der Waals surface area contributed by atoms with E-state index in [1.807, 2.05) is 38.1 Å². The molecule has 0 radical (unpaired) electrons. The summed E-state index contributed by atoms with van der Waals surface area (Å²) in [5, 5.41) is 15.1. The number of aliphatic carboxylic acids is 1.